The lowest BCUT2D eigenvalue weighted by molar-refractivity contribution is -0.129. The van der Waals surface area contributed by atoms with Crippen LogP contribution in [0.2, 0.25) is 0 Å². The molecule has 1 fully saturated rings. The molecule has 0 bridgehead atoms. The van der Waals surface area contributed by atoms with E-state index in [0.717, 1.165) is 18.4 Å². The topological polar surface area (TPSA) is 108 Å². The number of nitrogens with one attached hydrogen (secondary N) is 1. The zero-order chi connectivity index (χ0) is 24.3. The van der Waals surface area contributed by atoms with Crippen LogP contribution in [0.25, 0.3) is 0 Å². The lowest BCUT2D eigenvalue weighted by Crippen LogP contribution is -2.51. The zero-order valence-electron chi connectivity index (χ0n) is 20.3. The van der Waals surface area contributed by atoms with Gasteiger partial charge >= 0.3 is 6.09 Å². The van der Waals surface area contributed by atoms with E-state index < -0.39 is 6.09 Å². The second kappa shape index (κ2) is 10.5. The Hall–Kier alpha value is -2.65. The summed E-state index contributed by atoms with van der Waals surface area (Å²) in [4.78, 5) is 42.6. The molecule has 9 heteroatoms. The van der Waals surface area contributed by atoms with Gasteiger partial charge in [-0.25, -0.2) is 4.79 Å². The zero-order valence-corrected chi connectivity index (χ0v) is 20.3. The lowest BCUT2D eigenvalue weighted by Gasteiger charge is -2.40. The third-order valence-corrected chi connectivity index (χ3v) is 6.24. The van der Waals surface area contributed by atoms with Gasteiger partial charge in [-0.2, -0.15) is 0 Å². The standard InChI is InChI=1S/C24H37N5O4/c1-15(2)33-24(32)28-14-16(3)29(17(4)30)21-9-6-18(10-22(21)28)19(11-25)12-26-13-23(31)27(5)20-7-8-20/h6,9-10,15-16,19-20,26H,7-8,11-14,25H2,1-5H3/t16-,19?/m0/s1. The van der Waals surface area contributed by atoms with Gasteiger partial charge in [0.05, 0.1) is 30.1 Å². The second-order valence-corrected chi connectivity index (χ2v) is 9.33. The average Bonchev–Trinajstić information content (AvgIpc) is 3.59. The summed E-state index contributed by atoms with van der Waals surface area (Å²) in [6, 6.07) is 5.92. The number of anilines is 2. The maximum atomic E-state index is 12.8. The van der Waals surface area contributed by atoms with Crippen LogP contribution in [-0.2, 0) is 14.3 Å². The Balaban J connectivity index is 1.80. The minimum absolute atomic E-state index is 0.0533. The molecule has 1 aliphatic carbocycles. The number of nitrogens with zero attached hydrogens (tertiary/aromatic N) is 3. The van der Waals surface area contributed by atoms with E-state index in [0.29, 0.717) is 37.1 Å². The maximum Gasteiger partial charge on any atom is 0.414 e. The highest BCUT2D eigenvalue weighted by atomic mass is 16.6. The molecule has 9 nitrogen and oxygen atoms in total. The van der Waals surface area contributed by atoms with E-state index in [1.165, 1.54) is 6.92 Å². The predicted molar refractivity (Wildman–Crippen MR) is 128 cm³/mol. The summed E-state index contributed by atoms with van der Waals surface area (Å²) in [5.41, 5.74) is 8.32. The largest absolute Gasteiger partial charge is 0.446 e. The van der Waals surface area contributed by atoms with Gasteiger partial charge in [0.2, 0.25) is 11.8 Å². The second-order valence-electron chi connectivity index (χ2n) is 9.33. The van der Waals surface area contributed by atoms with Crippen LogP contribution in [-0.4, -0.2) is 74.2 Å². The van der Waals surface area contributed by atoms with Crippen LogP contribution < -0.4 is 20.9 Å². The Kier molecular flexibility index (Phi) is 7.97. The van der Waals surface area contributed by atoms with Crippen molar-refractivity contribution in [1.29, 1.82) is 0 Å². The molecule has 3 N–H and O–H groups in total. The number of carbonyl (C=O) groups is 3. The highest BCUT2D eigenvalue weighted by Gasteiger charge is 2.35. The van der Waals surface area contributed by atoms with Gasteiger partial charge in [-0.1, -0.05) is 6.07 Å². The van der Waals surface area contributed by atoms with E-state index in [4.69, 9.17) is 10.5 Å². The molecule has 2 aliphatic rings. The van der Waals surface area contributed by atoms with Crippen LogP contribution in [0, 0.1) is 0 Å². The summed E-state index contributed by atoms with van der Waals surface area (Å²) in [5, 5.41) is 3.23. The van der Waals surface area contributed by atoms with E-state index in [1.54, 1.807) is 14.7 Å². The lowest BCUT2D eigenvalue weighted by atomic mass is 9.96. The molecule has 0 radical (unpaired) electrons. The third kappa shape index (κ3) is 5.83. The van der Waals surface area contributed by atoms with Crippen LogP contribution in [0.15, 0.2) is 18.2 Å². The number of ether oxygens (including phenoxy) is 1. The van der Waals surface area contributed by atoms with Crippen molar-refractivity contribution < 1.29 is 19.1 Å². The van der Waals surface area contributed by atoms with Crippen molar-refractivity contribution >= 4 is 29.3 Å². The molecule has 1 saturated carbocycles. The van der Waals surface area contributed by atoms with Gasteiger partial charge < -0.3 is 25.6 Å². The van der Waals surface area contributed by atoms with E-state index in [9.17, 15) is 14.4 Å². The summed E-state index contributed by atoms with van der Waals surface area (Å²) in [5.74, 6) is -0.0569. The molecule has 2 atom stereocenters. The van der Waals surface area contributed by atoms with Gasteiger partial charge in [0.15, 0.2) is 0 Å². The molecule has 1 unspecified atom stereocenters. The van der Waals surface area contributed by atoms with Crippen molar-refractivity contribution in [2.45, 2.75) is 64.6 Å². The summed E-state index contributed by atoms with van der Waals surface area (Å²) in [6.07, 6.45) is 1.47. The Morgan fingerprint density at radius 3 is 2.52 bits per heavy atom. The number of rotatable bonds is 8. The Labute approximate surface area is 196 Å². The van der Waals surface area contributed by atoms with Gasteiger partial charge in [-0.3, -0.25) is 14.5 Å². The third-order valence-electron chi connectivity index (χ3n) is 6.24. The molecule has 0 saturated heterocycles. The van der Waals surface area contributed by atoms with Crippen molar-refractivity contribution in [1.82, 2.24) is 10.2 Å². The minimum Gasteiger partial charge on any atom is -0.446 e. The highest BCUT2D eigenvalue weighted by molar-refractivity contribution is 6.02. The number of carbonyl (C=O) groups excluding carboxylic acids is 3. The van der Waals surface area contributed by atoms with Crippen molar-refractivity contribution in [3.63, 3.8) is 0 Å². The smallest absolute Gasteiger partial charge is 0.414 e. The fourth-order valence-corrected chi connectivity index (χ4v) is 4.29. The van der Waals surface area contributed by atoms with Crippen LogP contribution in [0.3, 0.4) is 0 Å². The Morgan fingerprint density at radius 2 is 1.94 bits per heavy atom. The Bertz CT molecular complexity index is 886. The van der Waals surface area contributed by atoms with E-state index in [2.05, 4.69) is 5.32 Å². The van der Waals surface area contributed by atoms with Crippen molar-refractivity contribution in [2.24, 2.45) is 5.73 Å². The fraction of sp³-hybridized carbons (Fsp3) is 0.625. The van der Waals surface area contributed by atoms with E-state index >= 15 is 0 Å². The van der Waals surface area contributed by atoms with Crippen molar-refractivity contribution in [3.05, 3.63) is 23.8 Å². The molecule has 1 aromatic rings. The first-order valence-corrected chi connectivity index (χ1v) is 11.7. The van der Waals surface area contributed by atoms with E-state index in [1.807, 2.05) is 46.0 Å². The molecule has 182 valence electrons. The molecule has 33 heavy (non-hydrogen) atoms. The van der Waals surface area contributed by atoms with Gasteiger partial charge in [-0.05, 0) is 51.3 Å². The number of likely N-dealkylation sites (N-methyl/N-ethyl adjacent to an activating group) is 1. The first kappa shape index (κ1) is 25.0. The number of fused-ring (bicyclic) bond motifs is 1. The predicted octanol–water partition coefficient (Wildman–Crippen LogP) is 2.05. The minimum atomic E-state index is -0.436. The van der Waals surface area contributed by atoms with Crippen LogP contribution in [0.5, 0.6) is 0 Å². The molecule has 1 aliphatic heterocycles. The molecule has 0 aromatic heterocycles. The first-order chi connectivity index (χ1) is 15.6. The number of benzene rings is 1. The summed E-state index contributed by atoms with van der Waals surface area (Å²) in [6.45, 7) is 8.57. The number of hydrogen-bond acceptors (Lipinski definition) is 6. The van der Waals surface area contributed by atoms with Crippen molar-refractivity contribution in [3.8, 4) is 0 Å². The number of hydrogen-bond donors (Lipinski definition) is 2. The number of nitrogens with two attached hydrogens (primary N) is 1. The first-order valence-electron chi connectivity index (χ1n) is 11.7. The summed E-state index contributed by atoms with van der Waals surface area (Å²) in [7, 11) is 1.85. The molecule has 3 rings (SSSR count). The van der Waals surface area contributed by atoms with Crippen LogP contribution in [0.1, 0.15) is 52.0 Å². The van der Waals surface area contributed by atoms with Gasteiger partial charge in [0.25, 0.3) is 0 Å². The molecule has 0 spiro atoms. The van der Waals surface area contributed by atoms with Gasteiger partial charge in [0, 0.05) is 45.6 Å². The van der Waals surface area contributed by atoms with Crippen LogP contribution in [0.4, 0.5) is 16.2 Å². The molecule has 1 heterocycles. The van der Waals surface area contributed by atoms with Crippen molar-refractivity contribution in [2.75, 3.05) is 43.0 Å². The molecular weight excluding hydrogens is 422 g/mol. The summed E-state index contributed by atoms with van der Waals surface area (Å²) < 4.78 is 5.46. The monoisotopic (exact) mass is 459 g/mol. The Morgan fingerprint density at radius 1 is 1.24 bits per heavy atom. The van der Waals surface area contributed by atoms with Gasteiger partial charge in [-0.15, -0.1) is 0 Å². The van der Waals surface area contributed by atoms with E-state index in [-0.39, 0.29) is 36.4 Å². The highest BCUT2D eigenvalue weighted by Crippen LogP contribution is 2.38. The normalized spacial score (nSPS) is 18.7. The van der Waals surface area contributed by atoms with Gasteiger partial charge in [0.1, 0.15) is 0 Å². The summed E-state index contributed by atoms with van der Waals surface area (Å²) >= 11 is 0. The fourth-order valence-electron chi connectivity index (χ4n) is 4.29. The maximum absolute atomic E-state index is 12.8. The molecule has 1 aromatic carbocycles. The molecule has 3 amide bonds. The molecular formula is C24H37N5O4. The van der Waals surface area contributed by atoms with Crippen LogP contribution >= 0.6 is 0 Å². The average molecular weight is 460 g/mol. The SMILES string of the molecule is CC(=O)N1c2ccc(C(CN)CNCC(=O)N(C)C3CC3)cc2N(C(=O)OC(C)C)C[C@@H]1C. The number of amides is 3. The quantitative estimate of drug-likeness (QED) is 0.616.